The zero-order valence-corrected chi connectivity index (χ0v) is 10.9. The van der Waals surface area contributed by atoms with Crippen molar-refractivity contribution >= 4 is 27.8 Å². The van der Waals surface area contributed by atoms with E-state index in [1.165, 1.54) is 6.07 Å². The predicted octanol–water partition coefficient (Wildman–Crippen LogP) is 0.504. The number of likely N-dealkylation sites (tertiary alicyclic amines) is 1. The number of carboxylic acids is 1. The summed E-state index contributed by atoms with van der Waals surface area (Å²) < 4.78 is 0.500. The minimum Gasteiger partial charge on any atom is -0.480 e. The van der Waals surface area contributed by atoms with Gasteiger partial charge in [0.2, 0.25) is 0 Å². The number of hydrogen-bond donors (Lipinski definition) is 2. The molecule has 7 heteroatoms. The highest BCUT2D eigenvalue weighted by Crippen LogP contribution is 2.20. The molecular formula is C11H11BrN2O4. The first-order chi connectivity index (χ1) is 8.49. The number of halogens is 1. The van der Waals surface area contributed by atoms with Crippen LogP contribution in [0.4, 0.5) is 0 Å². The van der Waals surface area contributed by atoms with Crippen molar-refractivity contribution in [3.05, 3.63) is 28.5 Å². The van der Waals surface area contributed by atoms with Gasteiger partial charge in [0.05, 0.1) is 6.10 Å². The van der Waals surface area contributed by atoms with Crippen molar-refractivity contribution < 1.29 is 19.8 Å². The van der Waals surface area contributed by atoms with Crippen molar-refractivity contribution in [3.63, 3.8) is 0 Å². The Bertz CT molecular complexity index is 494. The fourth-order valence-electron chi connectivity index (χ4n) is 1.95. The third-order valence-electron chi connectivity index (χ3n) is 2.76. The number of aliphatic hydroxyl groups is 1. The Kier molecular flexibility index (Phi) is 3.63. The van der Waals surface area contributed by atoms with Gasteiger partial charge in [0, 0.05) is 13.0 Å². The average Bonchev–Trinajstić information content (AvgIpc) is 2.70. The number of aromatic nitrogens is 1. The number of amides is 1. The number of aliphatic carboxylic acids is 1. The summed E-state index contributed by atoms with van der Waals surface area (Å²) in [5, 5.41) is 18.5. The summed E-state index contributed by atoms with van der Waals surface area (Å²) in [5.41, 5.74) is 0.157. The van der Waals surface area contributed by atoms with Gasteiger partial charge in [-0.2, -0.15) is 0 Å². The lowest BCUT2D eigenvalue weighted by Gasteiger charge is -2.20. The van der Waals surface area contributed by atoms with Crippen LogP contribution >= 0.6 is 15.9 Å². The van der Waals surface area contributed by atoms with Gasteiger partial charge in [-0.25, -0.2) is 9.78 Å². The molecule has 0 aromatic carbocycles. The molecule has 0 aliphatic carbocycles. The van der Waals surface area contributed by atoms with Crippen LogP contribution in [0.2, 0.25) is 0 Å². The van der Waals surface area contributed by atoms with Gasteiger partial charge in [-0.3, -0.25) is 4.79 Å². The fourth-order valence-corrected chi connectivity index (χ4v) is 2.29. The van der Waals surface area contributed by atoms with Crippen molar-refractivity contribution in [2.24, 2.45) is 0 Å². The number of carbonyl (C=O) groups is 2. The van der Waals surface area contributed by atoms with Crippen LogP contribution in [0.3, 0.4) is 0 Å². The molecule has 96 valence electrons. The number of β-amino-alcohol motifs (C(OH)–C–C–N with tert-alkyl or cyclic N) is 1. The summed E-state index contributed by atoms with van der Waals surface area (Å²) >= 11 is 3.15. The molecule has 1 aliphatic heterocycles. The molecule has 2 rings (SSSR count). The molecule has 1 saturated heterocycles. The van der Waals surface area contributed by atoms with Gasteiger partial charge in [-0.1, -0.05) is 6.07 Å². The highest BCUT2D eigenvalue weighted by atomic mass is 79.9. The molecular weight excluding hydrogens is 304 g/mol. The van der Waals surface area contributed by atoms with Crippen LogP contribution in [0.15, 0.2) is 22.8 Å². The van der Waals surface area contributed by atoms with Gasteiger partial charge in [-0.05, 0) is 28.1 Å². The number of rotatable bonds is 2. The van der Waals surface area contributed by atoms with Crippen molar-refractivity contribution in [1.29, 1.82) is 0 Å². The molecule has 2 N–H and O–H groups in total. The van der Waals surface area contributed by atoms with E-state index in [1.54, 1.807) is 12.1 Å². The molecule has 0 saturated carbocycles. The molecule has 1 aromatic heterocycles. The monoisotopic (exact) mass is 314 g/mol. The van der Waals surface area contributed by atoms with Crippen molar-refractivity contribution in [3.8, 4) is 0 Å². The summed E-state index contributed by atoms with van der Waals surface area (Å²) in [6.07, 6.45) is -0.753. The SMILES string of the molecule is O=C(O)C1CC(O)CN1C(=O)c1cccc(Br)n1. The molecule has 2 atom stereocenters. The third-order valence-corrected chi connectivity index (χ3v) is 3.20. The van der Waals surface area contributed by atoms with Crippen molar-refractivity contribution in [2.75, 3.05) is 6.54 Å². The summed E-state index contributed by atoms with van der Waals surface area (Å²) in [6, 6.07) is 3.83. The number of carboxylic acid groups (broad SMARTS) is 1. The van der Waals surface area contributed by atoms with E-state index in [1.807, 2.05) is 0 Å². The van der Waals surface area contributed by atoms with E-state index in [9.17, 15) is 14.7 Å². The van der Waals surface area contributed by atoms with Crippen LogP contribution in [0, 0.1) is 0 Å². The second kappa shape index (κ2) is 5.03. The number of hydrogen-bond acceptors (Lipinski definition) is 4. The molecule has 1 amide bonds. The Balaban J connectivity index is 2.25. The number of carbonyl (C=O) groups excluding carboxylic acids is 1. The first-order valence-electron chi connectivity index (χ1n) is 5.33. The second-order valence-corrected chi connectivity index (χ2v) is 4.86. The Morgan fingerprint density at radius 3 is 2.78 bits per heavy atom. The lowest BCUT2D eigenvalue weighted by Crippen LogP contribution is -2.40. The van der Waals surface area contributed by atoms with Gasteiger partial charge >= 0.3 is 5.97 Å². The first kappa shape index (κ1) is 13.0. The lowest BCUT2D eigenvalue weighted by molar-refractivity contribution is -0.141. The van der Waals surface area contributed by atoms with E-state index in [2.05, 4.69) is 20.9 Å². The molecule has 6 nitrogen and oxygen atoms in total. The molecule has 0 bridgehead atoms. The summed E-state index contributed by atoms with van der Waals surface area (Å²) in [4.78, 5) is 28.3. The zero-order chi connectivity index (χ0) is 13.3. The minimum absolute atomic E-state index is 0.0179. The molecule has 2 unspecified atom stereocenters. The average molecular weight is 315 g/mol. The smallest absolute Gasteiger partial charge is 0.326 e. The van der Waals surface area contributed by atoms with Crippen molar-refractivity contribution in [2.45, 2.75) is 18.6 Å². The number of pyridine rings is 1. The lowest BCUT2D eigenvalue weighted by atomic mass is 10.2. The van der Waals surface area contributed by atoms with Crippen LogP contribution < -0.4 is 0 Å². The molecule has 0 radical (unpaired) electrons. The molecule has 2 heterocycles. The van der Waals surface area contributed by atoms with Gasteiger partial charge in [-0.15, -0.1) is 0 Å². The van der Waals surface area contributed by atoms with Gasteiger partial charge in [0.1, 0.15) is 16.3 Å². The second-order valence-electron chi connectivity index (χ2n) is 4.05. The van der Waals surface area contributed by atoms with Crippen molar-refractivity contribution in [1.82, 2.24) is 9.88 Å². The Morgan fingerprint density at radius 1 is 1.44 bits per heavy atom. The molecule has 1 fully saturated rings. The quantitative estimate of drug-likeness (QED) is 0.776. The Labute approximate surface area is 111 Å². The minimum atomic E-state index is -1.12. The molecule has 18 heavy (non-hydrogen) atoms. The normalized spacial score (nSPS) is 23.1. The summed E-state index contributed by atoms with van der Waals surface area (Å²) in [5.74, 6) is -1.60. The van der Waals surface area contributed by atoms with Crippen LogP contribution in [0.5, 0.6) is 0 Å². The molecule has 1 aromatic rings. The predicted molar refractivity (Wildman–Crippen MR) is 65.0 cm³/mol. The number of aliphatic hydroxyl groups excluding tert-OH is 1. The van der Waals surface area contributed by atoms with E-state index < -0.39 is 24.0 Å². The highest BCUT2D eigenvalue weighted by molar-refractivity contribution is 9.10. The largest absolute Gasteiger partial charge is 0.480 e. The molecule has 0 spiro atoms. The van der Waals surface area contributed by atoms with Gasteiger partial charge in [0.15, 0.2) is 0 Å². The zero-order valence-electron chi connectivity index (χ0n) is 9.28. The first-order valence-corrected chi connectivity index (χ1v) is 6.12. The van der Waals surface area contributed by atoms with E-state index in [0.717, 1.165) is 4.90 Å². The standard InChI is InChI=1S/C11H11BrN2O4/c12-9-3-1-2-7(13-9)10(16)14-5-6(15)4-8(14)11(17)18/h1-3,6,8,15H,4-5H2,(H,17,18). The van der Waals surface area contributed by atoms with Gasteiger partial charge < -0.3 is 15.1 Å². The topological polar surface area (TPSA) is 90.7 Å². The summed E-state index contributed by atoms with van der Waals surface area (Å²) in [6.45, 7) is 0.0179. The maximum atomic E-state index is 12.1. The van der Waals surface area contributed by atoms with E-state index in [0.29, 0.717) is 4.60 Å². The van der Waals surface area contributed by atoms with Crippen LogP contribution in [0.25, 0.3) is 0 Å². The van der Waals surface area contributed by atoms with E-state index in [-0.39, 0.29) is 18.7 Å². The van der Waals surface area contributed by atoms with E-state index in [4.69, 9.17) is 5.11 Å². The maximum absolute atomic E-state index is 12.1. The Morgan fingerprint density at radius 2 is 2.17 bits per heavy atom. The van der Waals surface area contributed by atoms with Gasteiger partial charge in [0.25, 0.3) is 5.91 Å². The van der Waals surface area contributed by atoms with Crippen LogP contribution in [-0.2, 0) is 4.79 Å². The molecule has 1 aliphatic rings. The highest BCUT2D eigenvalue weighted by Gasteiger charge is 2.39. The number of nitrogens with zero attached hydrogens (tertiary/aromatic N) is 2. The fraction of sp³-hybridized carbons (Fsp3) is 0.364. The maximum Gasteiger partial charge on any atom is 0.326 e. The Hall–Kier alpha value is -1.47. The third kappa shape index (κ3) is 2.51. The summed E-state index contributed by atoms with van der Waals surface area (Å²) in [7, 11) is 0. The van der Waals surface area contributed by atoms with Crippen LogP contribution in [0.1, 0.15) is 16.9 Å². The van der Waals surface area contributed by atoms with Crippen LogP contribution in [-0.4, -0.2) is 50.7 Å². The van der Waals surface area contributed by atoms with E-state index >= 15 is 0 Å².